The number of nitrogens with zero attached hydrogens (tertiary/aromatic N) is 2. The van der Waals surface area contributed by atoms with Gasteiger partial charge in [-0.2, -0.15) is 0 Å². The molecular weight excluding hydrogens is 301 g/mol. The molecule has 0 spiro atoms. The zero-order chi connectivity index (χ0) is 16.6. The van der Waals surface area contributed by atoms with E-state index in [2.05, 4.69) is 10.3 Å². The first kappa shape index (κ1) is 15.0. The lowest BCUT2D eigenvalue weighted by Gasteiger charge is -2.36. The van der Waals surface area contributed by atoms with E-state index in [1.165, 1.54) is 49.3 Å². The third kappa shape index (κ3) is 2.50. The summed E-state index contributed by atoms with van der Waals surface area (Å²) >= 11 is 0. The molecule has 1 N–H and O–H groups in total. The zero-order valence-electron chi connectivity index (χ0n) is 12.5. The predicted molar refractivity (Wildman–Crippen MR) is 81.7 cm³/mol. The molecule has 2 heterocycles. The van der Waals surface area contributed by atoms with Gasteiger partial charge in [-0.3, -0.25) is 14.5 Å². The van der Waals surface area contributed by atoms with Gasteiger partial charge in [-0.1, -0.05) is 0 Å². The Morgan fingerprint density at radius 3 is 2.70 bits per heavy atom. The quantitative estimate of drug-likeness (QED) is 0.860. The van der Waals surface area contributed by atoms with Crippen molar-refractivity contribution in [3.8, 4) is 5.75 Å². The largest absolute Gasteiger partial charge is 0.464 e. The minimum absolute atomic E-state index is 0.339. The monoisotopic (exact) mass is 315 g/mol. The van der Waals surface area contributed by atoms with Gasteiger partial charge < -0.3 is 10.1 Å². The van der Waals surface area contributed by atoms with Gasteiger partial charge in [-0.05, 0) is 43.3 Å². The Hall–Kier alpha value is -2.96. The number of likely N-dealkylation sites (N-methyl/N-ethyl adjacent to an activating group) is 1. The second kappa shape index (κ2) is 5.35. The van der Waals surface area contributed by atoms with Crippen molar-refractivity contribution in [3.63, 3.8) is 0 Å². The van der Waals surface area contributed by atoms with Crippen molar-refractivity contribution in [3.05, 3.63) is 48.4 Å². The van der Waals surface area contributed by atoms with E-state index in [0.29, 0.717) is 17.3 Å². The second-order valence-electron chi connectivity index (χ2n) is 5.29. The maximum Gasteiger partial charge on any atom is 0.281 e. The molecule has 1 aliphatic rings. The highest BCUT2D eigenvalue weighted by atomic mass is 19.1. The van der Waals surface area contributed by atoms with Crippen LogP contribution in [0.3, 0.4) is 0 Å². The van der Waals surface area contributed by atoms with Crippen molar-refractivity contribution in [2.45, 2.75) is 12.5 Å². The number of carbonyl (C=O) groups is 2. The number of carbonyl (C=O) groups excluding carboxylic acids is 2. The van der Waals surface area contributed by atoms with Gasteiger partial charge in [0.1, 0.15) is 5.82 Å². The lowest BCUT2D eigenvalue weighted by Crippen LogP contribution is -2.60. The third-order valence-electron chi connectivity index (χ3n) is 3.63. The molecule has 0 fully saturated rings. The van der Waals surface area contributed by atoms with Gasteiger partial charge in [-0.15, -0.1) is 0 Å². The number of hydrogen-bond donors (Lipinski definition) is 1. The maximum absolute atomic E-state index is 12.9. The third-order valence-corrected chi connectivity index (χ3v) is 3.63. The minimum atomic E-state index is -1.74. The van der Waals surface area contributed by atoms with Crippen LogP contribution in [0.4, 0.5) is 15.9 Å². The van der Waals surface area contributed by atoms with Gasteiger partial charge in [0.15, 0.2) is 11.6 Å². The van der Waals surface area contributed by atoms with Gasteiger partial charge in [-0.25, -0.2) is 9.37 Å². The van der Waals surface area contributed by atoms with E-state index in [0.717, 1.165) is 0 Å². The van der Waals surface area contributed by atoms with Crippen molar-refractivity contribution in [1.29, 1.82) is 0 Å². The number of amides is 2. The average Bonchev–Trinajstić information content (AvgIpc) is 2.55. The van der Waals surface area contributed by atoms with Crippen LogP contribution in [-0.4, -0.2) is 29.4 Å². The van der Waals surface area contributed by atoms with Gasteiger partial charge in [0, 0.05) is 18.9 Å². The minimum Gasteiger partial charge on any atom is -0.464 e. The fourth-order valence-electron chi connectivity index (χ4n) is 2.32. The van der Waals surface area contributed by atoms with Crippen LogP contribution in [-0.2, 0) is 9.59 Å². The summed E-state index contributed by atoms with van der Waals surface area (Å²) in [7, 11) is 1.53. The molecule has 2 amide bonds. The molecule has 0 radical (unpaired) electrons. The summed E-state index contributed by atoms with van der Waals surface area (Å²) in [5.74, 6) is -0.909. The van der Waals surface area contributed by atoms with E-state index in [4.69, 9.17) is 4.74 Å². The number of fused-ring (bicyclic) bond motifs is 1. The van der Waals surface area contributed by atoms with E-state index >= 15 is 0 Å². The van der Waals surface area contributed by atoms with Gasteiger partial charge in [0.25, 0.3) is 17.4 Å². The van der Waals surface area contributed by atoms with Crippen LogP contribution in [0.25, 0.3) is 0 Å². The molecule has 23 heavy (non-hydrogen) atoms. The van der Waals surface area contributed by atoms with Crippen molar-refractivity contribution in [2.75, 3.05) is 17.3 Å². The standard InChI is InChI=1S/C16H14FN3O3/c1-16(14(21)19-11-7-5-10(17)6-8-11)15(22)20(2)13-12(23-16)4-3-9-18-13/h3-9H,1-2H3,(H,19,21). The fourth-order valence-corrected chi connectivity index (χ4v) is 2.32. The summed E-state index contributed by atoms with van der Waals surface area (Å²) in [6.07, 6.45) is 1.53. The summed E-state index contributed by atoms with van der Waals surface area (Å²) in [5, 5.41) is 2.56. The van der Waals surface area contributed by atoms with Crippen LogP contribution in [0.15, 0.2) is 42.6 Å². The fraction of sp³-hybridized carbons (Fsp3) is 0.188. The molecule has 7 heteroatoms. The molecule has 1 atom stereocenters. The van der Waals surface area contributed by atoms with E-state index in [-0.39, 0.29) is 0 Å². The molecule has 0 bridgehead atoms. The molecule has 118 valence electrons. The van der Waals surface area contributed by atoms with Crippen molar-refractivity contribution in [1.82, 2.24) is 4.98 Å². The first-order chi connectivity index (χ1) is 10.9. The van der Waals surface area contributed by atoms with E-state index in [9.17, 15) is 14.0 Å². The molecule has 3 rings (SSSR count). The SMILES string of the molecule is CN1C(=O)C(C)(C(=O)Nc2ccc(F)cc2)Oc2cccnc21. The Morgan fingerprint density at radius 2 is 2.00 bits per heavy atom. The van der Waals surface area contributed by atoms with Gasteiger partial charge in [0.2, 0.25) is 0 Å². The number of benzene rings is 1. The smallest absolute Gasteiger partial charge is 0.281 e. The number of ether oxygens (including phenoxy) is 1. The van der Waals surface area contributed by atoms with Crippen LogP contribution in [0.1, 0.15) is 6.92 Å². The van der Waals surface area contributed by atoms with Crippen LogP contribution in [0, 0.1) is 5.82 Å². The molecular formula is C16H14FN3O3. The molecule has 1 aromatic carbocycles. The number of halogens is 1. The Bertz CT molecular complexity index is 778. The summed E-state index contributed by atoms with van der Waals surface area (Å²) in [5.41, 5.74) is -1.37. The zero-order valence-corrected chi connectivity index (χ0v) is 12.5. The number of rotatable bonds is 2. The number of hydrogen-bond acceptors (Lipinski definition) is 4. The van der Waals surface area contributed by atoms with Crippen molar-refractivity contribution in [2.24, 2.45) is 0 Å². The van der Waals surface area contributed by atoms with Crippen molar-refractivity contribution >= 4 is 23.3 Å². The lowest BCUT2D eigenvalue weighted by molar-refractivity contribution is -0.145. The molecule has 0 aliphatic carbocycles. The van der Waals surface area contributed by atoms with Gasteiger partial charge >= 0.3 is 0 Å². The Morgan fingerprint density at radius 1 is 1.30 bits per heavy atom. The van der Waals surface area contributed by atoms with E-state index in [1.54, 1.807) is 12.1 Å². The molecule has 2 aromatic rings. The molecule has 0 saturated heterocycles. The van der Waals surface area contributed by atoms with E-state index in [1.807, 2.05) is 0 Å². The predicted octanol–water partition coefficient (Wildman–Crippen LogP) is 1.97. The van der Waals surface area contributed by atoms with Gasteiger partial charge in [0.05, 0.1) is 0 Å². The van der Waals surface area contributed by atoms with Crippen LogP contribution >= 0.6 is 0 Å². The highest BCUT2D eigenvalue weighted by Crippen LogP contribution is 2.35. The summed E-state index contributed by atoms with van der Waals surface area (Å²) in [4.78, 5) is 30.4. The van der Waals surface area contributed by atoms with Crippen LogP contribution in [0.5, 0.6) is 5.75 Å². The second-order valence-corrected chi connectivity index (χ2v) is 5.29. The first-order valence-electron chi connectivity index (χ1n) is 6.91. The van der Waals surface area contributed by atoms with E-state index < -0.39 is 23.2 Å². The average molecular weight is 315 g/mol. The number of pyridine rings is 1. The first-order valence-corrected chi connectivity index (χ1v) is 6.91. The van der Waals surface area contributed by atoms with Crippen molar-refractivity contribution < 1.29 is 18.7 Å². The normalized spacial score (nSPS) is 19.8. The molecule has 0 saturated carbocycles. The van der Waals surface area contributed by atoms with Crippen LogP contribution < -0.4 is 15.0 Å². The maximum atomic E-state index is 12.9. The number of anilines is 2. The highest BCUT2D eigenvalue weighted by molar-refractivity contribution is 6.19. The van der Waals surface area contributed by atoms with Crippen LogP contribution in [0.2, 0.25) is 0 Å². The Kier molecular flexibility index (Phi) is 3.48. The Labute approximate surface area is 131 Å². The summed E-state index contributed by atoms with van der Waals surface area (Å²) < 4.78 is 18.5. The molecule has 1 aromatic heterocycles. The Balaban J connectivity index is 1.90. The molecule has 1 unspecified atom stereocenters. The highest BCUT2D eigenvalue weighted by Gasteiger charge is 2.50. The lowest BCUT2D eigenvalue weighted by atomic mass is 10.0. The molecule has 1 aliphatic heterocycles. The molecule has 6 nitrogen and oxygen atoms in total. The number of aromatic nitrogens is 1. The topological polar surface area (TPSA) is 71.5 Å². The summed E-state index contributed by atoms with van der Waals surface area (Å²) in [6.45, 7) is 1.39. The number of nitrogens with one attached hydrogen (secondary N) is 1. The summed E-state index contributed by atoms with van der Waals surface area (Å²) in [6, 6.07) is 8.53.